The maximum Gasteiger partial charge on any atom is 0.281 e. The fourth-order valence-corrected chi connectivity index (χ4v) is 3.95. The van der Waals surface area contributed by atoms with Crippen molar-refractivity contribution in [1.29, 1.82) is 0 Å². The van der Waals surface area contributed by atoms with Gasteiger partial charge < -0.3 is 9.47 Å². The number of hydrogen-bond acceptors (Lipinski definition) is 5. The zero-order chi connectivity index (χ0) is 20.1. The van der Waals surface area contributed by atoms with Crippen LogP contribution < -0.4 is 20.3 Å². The number of nitrogens with one attached hydrogen (secondary N) is 2. The van der Waals surface area contributed by atoms with Crippen LogP contribution in [-0.4, -0.2) is 25.5 Å². The number of hydrazine groups is 1. The zero-order valence-electron chi connectivity index (χ0n) is 15.4. The van der Waals surface area contributed by atoms with Crippen LogP contribution in [0.25, 0.3) is 10.1 Å². The van der Waals surface area contributed by atoms with E-state index in [4.69, 9.17) is 21.1 Å². The predicted molar refractivity (Wildman–Crippen MR) is 110 cm³/mol. The molecule has 3 aromatic rings. The lowest BCUT2D eigenvalue weighted by Gasteiger charge is -2.08. The molecule has 1 heterocycles. The van der Waals surface area contributed by atoms with E-state index >= 15 is 0 Å². The molecule has 3 rings (SSSR count). The first-order valence-corrected chi connectivity index (χ1v) is 9.78. The summed E-state index contributed by atoms with van der Waals surface area (Å²) in [4.78, 5) is 24.6. The summed E-state index contributed by atoms with van der Waals surface area (Å²) in [6.45, 7) is 1.84. The molecular formula is C20H19ClN2O4S. The third kappa shape index (κ3) is 4.55. The Morgan fingerprint density at radius 3 is 2.46 bits per heavy atom. The number of ether oxygens (including phenoxy) is 2. The average molecular weight is 419 g/mol. The molecule has 0 spiro atoms. The van der Waals surface area contributed by atoms with Gasteiger partial charge in [0.2, 0.25) is 0 Å². The predicted octanol–water partition coefficient (Wildman–Crippen LogP) is 3.97. The smallest absolute Gasteiger partial charge is 0.281 e. The fraction of sp³-hybridized carbons (Fsp3) is 0.200. The summed E-state index contributed by atoms with van der Waals surface area (Å²) in [6.07, 6.45) is 0.930. The van der Waals surface area contributed by atoms with Gasteiger partial charge in [0.1, 0.15) is 16.4 Å². The molecule has 1 aromatic heterocycles. The second-order valence-electron chi connectivity index (χ2n) is 5.90. The van der Waals surface area contributed by atoms with Gasteiger partial charge in [-0.2, -0.15) is 0 Å². The summed E-state index contributed by atoms with van der Waals surface area (Å²) in [5.74, 6) is 0.285. The van der Waals surface area contributed by atoms with Crippen molar-refractivity contribution in [2.45, 2.75) is 13.3 Å². The van der Waals surface area contributed by atoms with Gasteiger partial charge in [-0.25, -0.2) is 0 Å². The van der Waals surface area contributed by atoms with Crippen LogP contribution in [0.2, 0.25) is 5.02 Å². The van der Waals surface area contributed by atoms with Crippen LogP contribution in [0.5, 0.6) is 11.5 Å². The van der Waals surface area contributed by atoms with E-state index in [1.807, 2.05) is 12.1 Å². The molecule has 0 atom stereocenters. The van der Waals surface area contributed by atoms with Crippen LogP contribution in [0.15, 0.2) is 42.5 Å². The van der Waals surface area contributed by atoms with E-state index in [0.29, 0.717) is 21.4 Å². The maximum absolute atomic E-state index is 12.4. The van der Waals surface area contributed by atoms with Crippen LogP contribution in [0.1, 0.15) is 22.2 Å². The van der Waals surface area contributed by atoms with E-state index in [1.165, 1.54) is 16.9 Å². The Hall–Kier alpha value is -2.77. The molecule has 0 fully saturated rings. The summed E-state index contributed by atoms with van der Waals surface area (Å²) in [6, 6.07) is 12.8. The quantitative estimate of drug-likeness (QED) is 0.594. The standard InChI is InChI=1S/C20H19ClN2O4S/c1-3-12-4-6-13(7-5-12)27-11-17(24)22-23-20(25)19-18(21)15-9-8-14(26-2)10-16(15)28-19/h4-10H,3,11H2,1-2H3,(H,22,24)(H,23,25). The third-order valence-electron chi connectivity index (χ3n) is 4.06. The molecule has 0 aliphatic rings. The molecule has 146 valence electrons. The van der Waals surface area contributed by atoms with Crippen molar-refractivity contribution in [2.75, 3.05) is 13.7 Å². The van der Waals surface area contributed by atoms with E-state index in [1.54, 1.807) is 37.4 Å². The summed E-state index contributed by atoms with van der Waals surface area (Å²) >= 11 is 7.52. The maximum atomic E-state index is 12.4. The van der Waals surface area contributed by atoms with E-state index < -0.39 is 11.8 Å². The SMILES string of the molecule is CCc1ccc(OCC(=O)NNC(=O)c2sc3cc(OC)ccc3c2Cl)cc1. The number of carbonyl (C=O) groups excluding carboxylic acids is 2. The number of amides is 2. The molecule has 0 aliphatic carbocycles. The lowest BCUT2D eigenvalue weighted by Crippen LogP contribution is -2.43. The van der Waals surface area contributed by atoms with Crippen molar-refractivity contribution >= 4 is 44.8 Å². The number of hydrogen-bond donors (Lipinski definition) is 2. The van der Waals surface area contributed by atoms with Gasteiger partial charge in [0.25, 0.3) is 11.8 Å². The first-order valence-electron chi connectivity index (χ1n) is 8.58. The minimum absolute atomic E-state index is 0.219. The molecule has 0 saturated heterocycles. The van der Waals surface area contributed by atoms with E-state index in [0.717, 1.165) is 16.5 Å². The first-order chi connectivity index (χ1) is 13.5. The van der Waals surface area contributed by atoms with Crippen molar-refractivity contribution in [1.82, 2.24) is 10.9 Å². The van der Waals surface area contributed by atoms with Gasteiger partial charge in [0.05, 0.1) is 12.1 Å². The number of aryl methyl sites for hydroxylation is 1. The number of carbonyl (C=O) groups is 2. The summed E-state index contributed by atoms with van der Waals surface area (Å²) in [5.41, 5.74) is 5.87. The topological polar surface area (TPSA) is 76.7 Å². The number of benzene rings is 2. The Morgan fingerprint density at radius 2 is 1.79 bits per heavy atom. The molecule has 0 radical (unpaired) electrons. The van der Waals surface area contributed by atoms with Crippen molar-refractivity contribution in [3.05, 3.63) is 57.9 Å². The van der Waals surface area contributed by atoms with Gasteiger partial charge in [-0.1, -0.05) is 30.7 Å². The van der Waals surface area contributed by atoms with Gasteiger partial charge in [-0.3, -0.25) is 20.4 Å². The first kappa shape index (κ1) is 20.0. The highest BCUT2D eigenvalue weighted by atomic mass is 35.5. The van der Waals surface area contributed by atoms with Crippen LogP contribution in [0, 0.1) is 0 Å². The highest BCUT2D eigenvalue weighted by Crippen LogP contribution is 2.37. The summed E-state index contributed by atoms with van der Waals surface area (Å²) < 4.78 is 11.4. The van der Waals surface area contributed by atoms with Gasteiger partial charge >= 0.3 is 0 Å². The molecule has 0 unspecified atom stereocenters. The van der Waals surface area contributed by atoms with Gasteiger partial charge in [0.15, 0.2) is 6.61 Å². The largest absolute Gasteiger partial charge is 0.497 e. The van der Waals surface area contributed by atoms with Crippen molar-refractivity contribution in [3.63, 3.8) is 0 Å². The van der Waals surface area contributed by atoms with Crippen LogP contribution in [-0.2, 0) is 11.2 Å². The second-order valence-corrected chi connectivity index (χ2v) is 7.33. The number of halogens is 1. The van der Waals surface area contributed by atoms with Crippen molar-refractivity contribution in [2.24, 2.45) is 0 Å². The fourth-order valence-electron chi connectivity index (χ4n) is 2.51. The molecule has 8 heteroatoms. The molecular weight excluding hydrogens is 400 g/mol. The Balaban J connectivity index is 1.56. The molecule has 0 bridgehead atoms. The third-order valence-corrected chi connectivity index (χ3v) is 5.72. The van der Waals surface area contributed by atoms with Crippen molar-refractivity contribution in [3.8, 4) is 11.5 Å². The van der Waals surface area contributed by atoms with Gasteiger partial charge in [0, 0.05) is 10.1 Å². The van der Waals surface area contributed by atoms with Crippen LogP contribution in [0.4, 0.5) is 0 Å². The summed E-state index contributed by atoms with van der Waals surface area (Å²) in [7, 11) is 1.57. The van der Waals surface area contributed by atoms with Crippen molar-refractivity contribution < 1.29 is 19.1 Å². The average Bonchev–Trinajstić information content (AvgIpc) is 3.06. The number of rotatable bonds is 6. The minimum Gasteiger partial charge on any atom is -0.497 e. The Morgan fingerprint density at radius 1 is 1.07 bits per heavy atom. The van der Waals surface area contributed by atoms with Gasteiger partial charge in [-0.15, -0.1) is 11.3 Å². The van der Waals surface area contributed by atoms with E-state index in [2.05, 4.69) is 17.8 Å². The molecule has 6 nitrogen and oxygen atoms in total. The minimum atomic E-state index is -0.495. The summed E-state index contributed by atoms with van der Waals surface area (Å²) in [5, 5.41) is 1.09. The molecule has 2 N–H and O–H groups in total. The molecule has 2 aromatic carbocycles. The molecule has 2 amide bonds. The monoisotopic (exact) mass is 418 g/mol. The Kier molecular flexibility index (Phi) is 6.38. The molecule has 28 heavy (non-hydrogen) atoms. The highest BCUT2D eigenvalue weighted by molar-refractivity contribution is 7.21. The molecule has 0 saturated carbocycles. The second kappa shape index (κ2) is 8.95. The number of methoxy groups -OCH3 is 1. The number of thiophene rings is 1. The molecule has 0 aliphatic heterocycles. The van der Waals surface area contributed by atoms with Gasteiger partial charge in [-0.05, 0) is 42.3 Å². The van der Waals surface area contributed by atoms with E-state index in [9.17, 15) is 9.59 Å². The number of fused-ring (bicyclic) bond motifs is 1. The normalized spacial score (nSPS) is 10.5. The Labute approximate surface area is 171 Å². The lowest BCUT2D eigenvalue weighted by molar-refractivity contribution is -0.123. The van der Waals surface area contributed by atoms with Crippen LogP contribution in [0.3, 0.4) is 0 Å². The van der Waals surface area contributed by atoms with Crippen LogP contribution >= 0.6 is 22.9 Å². The Bertz CT molecular complexity index is 1000. The highest BCUT2D eigenvalue weighted by Gasteiger charge is 2.18. The zero-order valence-corrected chi connectivity index (χ0v) is 16.9. The lowest BCUT2D eigenvalue weighted by atomic mass is 10.2. The van der Waals surface area contributed by atoms with E-state index in [-0.39, 0.29) is 6.61 Å².